The van der Waals surface area contributed by atoms with Crippen molar-refractivity contribution in [3.05, 3.63) is 65.7 Å². The summed E-state index contributed by atoms with van der Waals surface area (Å²) in [4.78, 5) is 37.5. The van der Waals surface area contributed by atoms with Gasteiger partial charge in [0.1, 0.15) is 42.7 Å². The SMILES string of the molecule is CC[C@H]1OC(=O)[C@H](C)[C@@H](C2C[C@@](C)(OC)[C@@H](O)[C@H](C)O2)[C@H](C)[C@@H](O[C@@H]2O[C@H](C)C[C@H](N(C)CCc3cn([C@H](CF)[C@H](OC)c4ccc(-c5ccc([C-]=O)nc5)cc4)nn3)[C@H]2O)[C@](C)(OC)C[C@@H](C)/C(=N\OCOC)[C@H](C)[C@@H](O)[C@]1(C)O.[Mn]. The molecule has 461 valence electrons. The molecule has 0 aliphatic carbocycles. The first-order valence-corrected chi connectivity index (χ1v) is 28.2. The molecule has 3 fully saturated rings. The first-order valence-electron chi connectivity index (χ1n) is 28.2. The van der Waals surface area contributed by atoms with Gasteiger partial charge in [0.2, 0.25) is 6.79 Å². The maximum Gasteiger partial charge on any atom is 0.309 e. The third-order valence-electron chi connectivity index (χ3n) is 17.7. The monoisotopic (exact) mass is 1200 g/mol. The number of aromatic nitrogens is 4. The quantitative estimate of drug-likeness (QED) is 0.0263. The van der Waals surface area contributed by atoms with Gasteiger partial charge in [0.15, 0.2) is 6.29 Å². The molecule has 1 radical (unpaired) electrons. The van der Waals surface area contributed by atoms with Crippen LogP contribution in [0.1, 0.15) is 124 Å². The van der Waals surface area contributed by atoms with E-state index in [0.29, 0.717) is 30.8 Å². The van der Waals surface area contributed by atoms with Gasteiger partial charge < -0.3 is 72.9 Å². The van der Waals surface area contributed by atoms with Gasteiger partial charge in [-0.1, -0.05) is 74.9 Å². The second-order valence-corrected chi connectivity index (χ2v) is 23.4. The number of nitrogens with zero attached hydrogens (tertiary/aromatic N) is 6. The molecule has 1 aromatic carbocycles. The Morgan fingerprint density at radius 1 is 0.927 bits per heavy atom. The van der Waals surface area contributed by atoms with Crippen molar-refractivity contribution in [3.8, 4) is 11.1 Å². The molecule has 23 heteroatoms. The molecular weight excluding hydrogens is 1110 g/mol. The average Bonchev–Trinajstić information content (AvgIpc) is 3.45. The first kappa shape index (κ1) is 68.9. The number of hydrogen-bond donors (Lipinski definition) is 4. The molecule has 82 heavy (non-hydrogen) atoms. The van der Waals surface area contributed by atoms with E-state index < -0.39 is 132 Å². The minimum absolute atomic E-state index is 0. The molecule has 3 saturated heterocycles. The van der Waals surface area contributed by atoms with Crippen LogP contribution in [0.5, 0.6) is 0 Å². The van der Waals surface area contributed by atoms with E-state index in [0.717, 1.165) is 16.7 Å². The zero-order valence-electron chi connectivity index (χ0n) is 50.3. The number of aliphatic hydroxyl groups excluding tert-OH is 3. The van der Waals surface area contributed by atoms with Crippen molar-refractivity contribution in [3.63, 3.8) is 0 Å². The van der Waals surface area contributed by atoms with Crippen LogP contribution in [0.15, 0.2) is 53.9 Å². The summed E-state index contributed by atoms with van der Waals surface area (Å²) >= 11 is 0. The van der Waals surface area contributed by atoms with Gasteiger partial charge >= 0.3 is 5.97 Å². The van der Waals surface area contributed by atoms with E-state index in [1.807, 2.05) is 63.9 Å². The number of benzene rings is 1. The summed E-state index contributed by atoms with van der Waals surface area (Å²) in [5, 5.41) is 61.4. The maximum absolute atomic E-state index is 15.0. The van der Waals surface area contributed by atoms with Crippen LogP contribution >= 0.6 is 0 Å². The van der Waals surface area contributed by atoms with Crippen molar-refractivity contribution >= 4 is 18.0 Å². The molecule has 0 amide bonds. The molecule has 3 aliphatic rings. The normalized spacial score (nSPS) is 36.4. The van der Waals surface area contributed by atoms with Crippen molar-refractivity contribution in [2.45, 2.75) is 191 Å². The van der Waals surface area contributed by atoms with Crippen LogP contribution in [0.2, 0.25) is 0 Å². The number of carbonyl (C=O) groups excluding carboxylic acids is 2. The minimum atomic E-state index is -1.96. The molecule has 1 unspecified atom stereocenters. The molecule has 0 spiro atoms. The van der Waals surface area contributed by atoms with Crippen molar-refractivity contribution < 1.29 is 94.2 Å². The largest absolute Gasteiger partial charge is 0.459 e. The van der Waals surface area contributed by atoms with Crippen LogP contribution in [-0.2, 0) is 75.8 Å². The summed E-state index contributed by atoms with van der Waals surface area (Å²) < 4.78 is 66.8. The molecule has 3 aromatic rings. The number of methoxy groups -OCH3 is 4. The Bertz CT molecular complexity index is 2500. The fourth-order valence-electron chi connectivity index (χ4n) is 12.7. The summed E-state index contributed by atoms with van der Waals surface area (Å²) in [6.07, 6.45) is -3.29. The molecular formula is C59H90FMnN6O15-. The van der Waals surface area contributed by atoms with Crippen molar-refractivity contribution in [2.24, 2.45) is 34.7 Å². The molecule has 0 saturated carbocycles. The number of hydrogen-bond acceptors (Lipinski definition) is 20. The molecule has 21 nitrogen and oxygen atoms in total. The third kappa shape index (κ3) is 15.4. The Hall–Kier alpha value is -3.91. The summed E-state index contributed by atoms with van der Waals surface area (Å²) in [6.45, 7) is 17.3. The zero-order chi connectivity index (χ0) is 59.7. The fraction of sp³-hybridized carbons (Fsp3) is 0.729. The van der Waals surface area contributed by atoms with E-state index in [1.54, 1.807) is 72.5 Å². The Morgan fingerprint density at radius 2 is 1.60 bits per heavy atom. The zero-order valence-corrected chi connectivity index (χ0v) is 51.5. The number of halogens is 1. The summed E-state index contributed by atoms with van der Waals surface area (Å²) in [7, 11) is 7.95. The van der Waals surface area contributed by atoms with Gasteiger partial charge in [-0.3, -0.25) is 9.78 Å². The van der Waals surface area contributed by atoms with Gasteiger partial charge in [-0.15, -0.1) is 11.2 Å². The number of oxime groups is 1. The molecule has 6 rings (SSSR count). The van der Waals surface area contributed by atoms with Gasteiger partial charge in [0.25, 0.3) is 0 Å². The smallest absolute Gasteiger partial charge is 0.309 e. The summed E-state index contributed by atoms with van der Waals surface area (Å²) in [5.74, 6) is -4.40. The average molecular weight is 1200 g/mol. The summed E-state index contributed by atoms with van der Waals surface area (Å²) in [5.41, 5.74) is -0.770. The predicted octanol–water partition coefficient (Wildman–Crippen LogP) is 5.74. The Labute approximate surface area is 493 Å². The predicted molar refractivity (Wildman–Crippen MR) is 297 cm³/mol. The van der Waals surface area contributed by atoms with E-state index in [1.165, 1.54) is 32.9 Å². The first-order chi connectivity index (χ1) is 38.4. The Morgan fingerprint density at radius 3 is 2.18 bits per heavy atom. The number of aliphatic hydroxyl groups is 4. The van der Waals surface area contributed by atoms with E-state index in [4.69, 9.17) is 42.7 Å². The number of cyclic esters (lactones) is 1. The Balaban J connectivity index is 0.0000123. The van der Waals surface area contributed by atoms with Crippen LogP contribution in [0.25, 0.3) is 11.1 Å². The van der Waals surface area contributed by atoms with Gasteiger partial charge in [-0.2, -0.15) is 6.07 Å². The summed E-state index contributed by atoms with van der Waals surface area (Å²) in [6, 6.07) is 9.50. The van der Waals surface area contributed by atoms with Crippen molar-refractivity contribution in [2.75, 3.05) is 55.5 Å². The molecule has 4 N–H and O–H groups in total. The van der Waals surface area contributed by atoms with Gasteiger partial charge in [0.05, 0.1) is 59.0 Å². The number of ether oxygens (including phenoxy) is 8. The van der Waals surface area contributed by atoms with Gasteiger partial charge in [0, 0.05) is 107 Å². The van der Waals surface area contributed by atoms with Crippen LogP contribution in [0.4, 0.5) is 4.39 Å². The second kappa shape index (κ2) is 29.9. The van der Waals surface area contributed by atoms with Crippen molar-refractivity contribution in [1.82, 2.24) is 24.9 Å². The van der Waals surface area contributed by atoms with Crippen LogP contribution in [-0.4, -0.2) is 197 Å². The number of likely N-dealkylation sites (N-methyl/N-ethyl adjacent to an activating group) is 1. The molecule has 2 aromatic heterocycles. The van der Waals surface area contributed by atoms with Crippen LogP contribution in [0.3, 0.4) is 0 Å². The third-order valence-corrected chi connectivity index (χ3v) is 17.7. The fourth-order valence-corrected chi connectivity index (χ4v) is 12.7. The van der Waals surface area contributed by atoms with Crippen LogP contribution in [0, 0.1) is 29.6 Å². The minimum Gasteiger partial charge on any atom is -0.459 e. The topological polar surface area (TPSA) is 257 Å². The maximum atomic E-state index is 15.0. The number of rotatable bonds is 20. The number of esters is 1. The number of pyridine rings is 1. The molecule has 0 bridgehead atoms. The Kier molecular flexibility index (Phi) is 25.1. The van der Waals surface area contributed by atoms with Gasteiger partial charge in [-0.05, 0) is 83.5 Å². The van der Waals surface area contributed by atoms with Crippen LogP contribution < -0.4 is 0 Å². The molecule has 3 aliphatic heterocycles. The standard InChI is InChI=1S/C59H90FN6O15.Mn/c1-16-47-59(10,72)52(69)37(6)49(63-77-32-73-12)33(2)26-58(9,76-15)54(35(4)48(36(5)55(71)80-47)46-27-57(8,75-14)53(70)38(7)79-46)81-56-50(68)44(25-34(3)78-56)65(11)24-23-42-30-66(64-62-42)45(28-60)51(74-13)40-19-17-39(18-20-40)41-21-22-43(31-67)61-29-41;/h17-22,29-30,33-38,44-48,50-54,56,68-70,72H,16,23-28,32H2,1-15H3;/q-1;/b63-49+;/t33-,34-,35+,36-,37+,38+,44+,45-,46?,47-,48+,50-,51-,52-,53+,54-,56+,57-,58-,59-;/m1./s1. The van der Waals surface area contributed by atoms with E-state index >= 15 is 4.39 Å². The second-order valence-electron chi connectivity index (χ2n) is 23.4. The van der Waals surface area contributed by atoms with E-state index in [2.05, 4.69) is 20.5 Å². The molecule has 20 atom stereocenters. The molecule has 5 heterocycles. The van der Waals surface area contributed by atoms with E-state index in [9.17, 15) is 30.0 Å². The number of carbonyl (C=O) groups is 1. The van der Waals surface area contributed by atoms with Gasteiger partial charge in [-0.25, -0.2) is 9.07 Å². The number of alkyl halides is 1. The van der Waals surface area contributed by atoms with Crippen molar-refractivity contribution in [1.29, 1.82) is 0 Å². The van der Waals surface area contributed by atoms with E-state index in [-0.39, 0.29) is 48.8 Å².